The summed E-state index contributed by atoms with van der Waals surface area (Å²) >= 11 is 0.843. The number of carbonyl (C=O) groups is 1. The van der Waals surface area contributed by atoms with Crippen molar-refractivity contribution in [2.24, 2.45) is 0 Å². The van der Waals surface area contributed by atoms with Gasteiger partial charge >= 0.3 is 10.9 Å². The van der Waals surface area contributed by atoms with Gasteiger partial charge in [0.1, 0.15) is 17.4 Å². The molecule has 0 fully saturated rings. The summed E-state index contributed by atoms with van der Waals surface area (Å²) in [6.45, 7) is 0. The van der Waals surface area contributed by atoms with Crippen LogP contribution in [0.5, 0.6) is 5.75 Å². The lowest BCUT2D eigenvalue weighted by molar-refractivity contribution is 0.0730. The molecule has 1 aromatic heterocycles. The fourth-order valence-corrected chi connectivity index (χ4v) is 3.37. The van der Waals surface area contributed by atoms with Crippen LogP contribution >= 0.6 is 11.3 Å². The average Bonchev–Trinajstić information content (AvgIpc) is 3.02. The number of halogens is 2. The van der Waals surface area contributed by atoms with Gasteiger partial charge in [-0.25, -0.2) is 18.4 Å². The first-order valence-corrected chi connectivity index (χ1v) is 8.63. The van der Waals surface area contributed by atoms with E-state index < -0.39 is 22.5 Å². The van der Waals surface area contributed by atoms with Crippen LogP contribution in [0.25, 0.3) is 21.4 Å². The molecule has 0 saturated heterocycles. The van der Waals surface area contributed by atoms with Crippen molar-refractivity contribution in [3.63, 3.8) is 0 Å². The van der Waals surface area contributed by atoms with Crippen molar-refractivity contribution in [1.82, 2.24) is 0 Å². The quantitative estimate of drug-likeness (QED) is 0.368. The van der Waals surface area contributed by atoms with Crippen molar-refractivity contribution < 1.29 is 22.7 Å². The van der Waals surface area contributed by atoms with Gasteiger partial charge in [0, 0.05) is 11.6 Å². The Labute approximate surface area is 155 Å². The molecular formula is C20H10F2O4S. The summed E-state index contributed by atoms with van der Waals surface area (Å²) in [6.07, 6.45) is 0. The van der Waals surface area contributed by atoms with Gasteiger partial charge in [0.15, 0.2) is 5.58 Å². The second-order valence-corrected chi connectivity index (χ2v) is 6.61. The number of ether oxygens (including phenoxy) is 1. The molecule has 4 aromatic rings. The van der Waals surface area contributed by atoms with Gasteiger partial charge in [0.25, 0.3) is 0 Å². The van der Waals surface area contributed by atoms with Crippen LogP contribution in [0.1, 0.15) is 10.4 Å². The Bertz CT molecular complexity index is 1210. The van der Waals surface area contributed by atoms with E-state index in [-0.39, 0.29) is 11.3 Å². The fourth-order valence-electron chi connectivity index (χ4n) is 2.64. The maximum Gasteiger partial charge on any atom is 0.396 e. The van der Waals surface area contributed by atoms with E-state index in [1.165, 1.54) is 54.6 Å². The molecule has 27 heavy (non-hydrogen) atoms. The number of benzene rings is 3. The predicted molar refractivity (Wildman–Crippen MR) is 97.1 cm³/mol. The molecule has 0 atom stereocenters. The first kappa shape index (κ1) is 17.1. The van der Waals surface area contributed by atoms with Gasteiger partial charge in [-0.3, -0.25) is 0 Å². The lowest BCUT2D eigenvalue weighted by Crippen LogP contribution is -2.10. The number of hydrogen-bond acceptors (Lipinski definition) is 5. The molecule has 4 nitrogen and oxygen atoms in total. The molecule has 0 aliphatic rings. The van der Waals surface area contributed by atoms with Crippen LogP contribution in [0.2, 0.25) is 0 Å². The molecule has 0 amide bonds. The van der Waals surface area contributed by atoms with Gasteiger partial charge < -0.3 is 9.15 Å². The Morgan fingerprint density at radius 3 is 2.48 bits per heavy atom. The Hall–Kier alpha value is -3.32. The molecule has 4 rings (SSSR count). The van der Waals surface area contributed by atoms with Crippen molar-refractivity contribution in [3.8, 4) is 16.9 Å². The summed E-state index contributed by atoms with van der Waals surface area (Å²) < 4.78 is 38.0. The summed E-state index contributed by atoms with van der Waals surface area (Å²) in [6, 6.07) is 14.0. The molecule has 0 bridgehead atoms. The minimum atomic E-state index is -0.867. The molecule has 0 aliphatic carbocycles. The van der Waals surface area contributed by atoms with Gasteiger partial charge in [-0.2, -0.15) is 0 Å². The number of hydrogen-bond donors (Lipinski definition) is 0. The van der Waals surface area contributed by atoms with Crippen LogP contribution in [-0.2, 0) is 0 Å². The van der Waals surface area contributed by atoms with E-state index in [4.69, 9.17) is 9.15 Å². The third-order valence-corrected chi connectivity index (χ3v) is 4.64. The smallest absolute Gasteiger partial charge is 0.396 e. The zero-order valence-corrected chi connectivity index (χ0v) is 14.4. The highest BCUT2D eigenvalue weighted by atomic mass is 32.1. The number of carbonyl (C=O) groups excluding carboxylic acids is 1. The minimum Gasteiger partial charge on any atom is -0.423 e. The summed E-state index contributed by atoms with van der Waals surface area (Å²) in [5.41, 5.74) is 1.14. The van der Waals surface area contributed by atoms with Crippen LogP contribution in [0.15, 0.2) is 69.9 Å². The van der Waals surface area contributed by atoms with E-state index in [1.807, 2.05) is 0 Å². The molecule has 3 aromatic carbocycles. The van der Waals surface area contributed by atoms with Crippen LogP contribution < -0.4 is 9.68 Å². The van der Waals surface area contributed by atoms with E-state index in [0.717, 1.165) is 17.4 Å². The van der Waals surface area contributed by atoms with Gasteiger partial charge in [-0.1, -0.05) is 35.6 Å². The Kier molecular flexibility index (Phi) is 4.29. The van der Waals surface area contributed by atoms with Crippen molar-refractivity contribution >= 4 is 27.6 Å². The van der Waals surface area contributed by atoms with E-state index in [2.05, 4.69) is 0 Å². The predicted octanol–water partition coefficient (Wildman–Crippen LogP) is 5.02. The maximum atomic E-state index is 13.8. The molecule has 134 valence electrons. The van der Waals surface area contributed by atoms with Gasteiger partial charge in [-0.05, 0) is 35.9 Å². The Morgan fingerprint density at radius 1 is 1.00 bits per heavy atom. The van der Waals surface area contributed by atoms with E-state index in [1.54, 1.807) is 0 Å². The molecule has 0 N–H and O–H groups in total. The second-order valence-electron chi connectivity index (χ2n) is 5.63. The molecular weight excluding hydrogens is 374 g/mol. The third-order valence-electron chi connectivity index (χ3n) is 3.87. The van der Waals surface area contributed by atoms with Crippen molar-refractivity contribution in [2.45, 2.75) is 0 Å². The average molecular weight is 384 g/mol. The highest BCUT2D eigenvalue weighted by Gasteiger charge is 2.17. The standard InChI is InChI=1S/C20H10F2O4S/c21-12-7-5-11(6-8-12)15-9-13(10-17-18(15)26-20(24)27-17)25-19(23)14-3-1-2-4-16(14)22/h1-10H. The monoisotopic (exact) mass is 384 g/mol. The van der Waals surface area contributed by atoms with Crippen LogP contribution in [0.3, 0.4) is 0 Å². The molecule has 0 radical (unpaired) electrons. The fraction of sp³-hybridized carbons (Fsp3) is 0. The van der Waals surface area contributed by atoms with E-state index in [9.17, 15) is 18.4 Å². The SMILES string of the molecule is O=C(Oc1cc(-c2ccc(F)cc2)c2oc(=O)sc2c1)c1ccccc1F. The molecule has 0 spiro atoms. The third kappa shape index (κ3) is 3.37. The highest BCUT2D eigenvalue weighted by Crippen LogP contribution is 2.34. The Balaban J connectivity index is 1.80. The van der Waals surface area contributed by atoms with Crippen molar-refractivity contribution in [3.05, 3.63) is 87.6 Å². The topological polar surface area (TPSA) is 56.5 Å². The molecule has 7 heteroatoms. The molecule has 0 aliphatic heterocycles. The second kappa shape index (κ2) is 6.77. The maximum absolute atomic E-state index is 13.8. The number of fused-ring (bicyclic) bond motifs is 1. The van der Waals surface area contributed by atoms with Gasteiger partial charge in [-0.15, -0.1) is 0 Å². The summed E-state index contributed by atoms with van der Waals surface area (Å²) in [5.74, 6) is -1.86. The highest BCUT2D eigenvalue weighted by molar-refractivity contribution is 7.16. The van der Waals surface area contributed by atoms with E-state index in [0.29, 0.717) is 21.4 Å². The van der Waals surface area contributed by atoms with Gasteiger partial charge in [0.2, 0.25) is 0 Å². The van der Waals surface area contributed by atoms with Crippen LogP contribution in [-0.4, -0.2) is 5.97 Å². The summed E-state index contributed by atoms with van der Waals surface area (Å²) in [5, 5.41) is 0. The molecule has 0 saturated carbocycles. The number of esters is 1. The van der Waals surface area contributed by atoms with Gasteiger partial charge in [0.05, 0.1) is 10.3 Å². The largest absolute Gasteiger partial charge is 0.423 e. The van der Waals surface area contributed by atoms with Crippen molar-refractivity contribution in [1.29, 1.82) is 0 Å². The van der Waals surface area contributed by atoms with E-state index >= 15 is 0 Å². The summed E-state index contributed by atoms with van der Waals surface area (Å²) in [7, 11) is 0. The van der Waals surface area contributed by atoms with Crippen LogP contribution in [0.4, 0.5) is 8.78 Å². The zero-order chi connectivity index (χ0) is 19.0. The lowest BCUT2D eigenvalue weighted by atomic mass is 10.0. The minimum absolute atomic E-state index is 0.118. The number of rotatable bonds is 3. The van der Waals surface area contributed by atoms with Crippen molar-refractivity contribution in [2.75, 3.05) is 0 Å². The zero-order valence-electron chi connectivity index (χ0n) is 13.6. The lowest BCUT2D eigenvalue weighted by Gasteiger charge is -2.08. The Morgan fingerprint density at radius 2 is 1.74 bits per heavy atom. The normalized spacial score (nSPS) is 10.9. The van der Waals surface area contributed by atoms with Crippen LogP contribution in [0, 0.1) is 11.6 Å². The first-order valence-electron chi connectivity index (χ1n) is 7.81. The summed E-state index contributed by atoms with van der Waals surface area (Å²) in [4.78, 5) is 23.4. The molecule has 1 heterocycles. The first-order chi connectivity index (χ1) is 13.0. The molecule has 0 unspecified atom stereocenters.